The van der Waals surface area contributed by atoms with Gasteiger partial charge in [-0.2, -0.15) is 5.10 Å². The quantitative estimate of drug-likeness (QED) is 0.410. The number of ketones is 1. The maximum atomic E-state index is 14.0. The van der Waals surface area contributed by atoms with Gasteiger partial charge in [-0.05, 0) is 41.5 Å². The number of carbonyl (C=O) groups excluding carboxylic acids is 3. The zero-order valence-electron chi connectivity index (χ0n) is 19.7. The summed E-state index contributed by atoms with van der Waals surface area (Å²) in [6.07, 6.45) is 1.69. The molecule has 8 heteroatoms. The van der Waals surface area contributed by atoms with Gasteiger partial charge in [0.05, 0.1) is 44.0 Å². The van der Waals surface area contributed by atoms with E-state index < -0.39 is 29.8 Å². The van der Waals surface area contributed by atoms with Crippen molar-refractivity contribution in [1.29, 1.82) is 0 Å². The lowest BCUT2D eigenvalue weighted by Crippen LogP contribution is -2.44. The van der Waals surface area contributed by atoms with Crippen LogP contribution in [-0.2, 0) is 9.59 Å². The van der Waals surface area contributed by atoms with Gasteiger partial charge in [-0.15, -0.1) is 0 Å². The Labute approximate surface area is 207 Å². The number of benzene rings is 3. The Morgan fingerprint density at radius 1 is 0.833 bits per heavy atom. The standard InChI is InChI=1S/C28H23N3O5/c1-35-20-13-12-16(14-21(20)36-2)26(32)25-23-22(24-19-11-7-6-8-17(19)15-29-31(24)25)27(33)30(28(23)34)18-9-4-3-5-10-18/h3-15,22-25H,1-2H3/t22-,23-,24+,25+/m1/s1. The van der Waals surface area contributed by atoms with E-state index >= 15 is 0 Å². The maximum Gasteiger partial charge on any atom is 0.240 e. The van der Waals surface area contributed by atoms with Crippen LogP contribution in [0.3, 0.4) is 0 Å². The second-order valence-electron chi connectivity index (χ2n) is 8.98. The van der Waals surface area contributed by atoms with Gasteiger partial charge in [0.2, 0.25) is 11.8 Å². The van der Waals surface area contributed by atoms with Gasteiger partial charge in [-0.1, -0.05) is 42.5 Å². The Hall–Kier alpha value is -4.46. The van der Waals surface area contributed by atoms with Crippen LogP contribution in [0, 0.1) is 11.8 Å². The van der Waals surface area contributed by atoms with E-state index in [2.05, 4.69) is 5.10 Å². The molecule has 0 aromatic heterocycles. The summed E-state index contributed by atoms with van der Waals surface area (Å²) in [5.74, 6) is -1.75. The number of methoxy groups -OCH3 is 2. The van der Waals surface area contributed by atoms with E-state index in [9.17, 15) is 14.4 Å². The smallest absolute Gasteiger partial charge is 0.240 e. The van der Waals surface area contributed by atoms with E-state index in [0.717, 1.165) is 11.1 Å². The predicted molar refractivity (Wildman–Crippen MR) is 132 cm³/mol. The molecule has 8 nitrogen and oxygen atoms in total. The molecule has 3 aromatic rings. The summed E-state index contributed by atoms with van der Waals surface area (Å²) in [7, 11) is 3.02. The molecule has 6 rings (SSSR count). The number of carbonyl (C=O) groups is 3. The van der Waals surface area contributed by atoms with Crippen LogP contribution in [0.25, 0.3) is 0 Å². The lowest BCUT2D eigenvalue weighted by atomic mass is 9.83. The van der Waals surface area contributed by atoms with Crippen LogP contribution in [0.4, 0.5) is 5.69 Å². The zero-order valence-corrected chi connectivity index (χ0v) is 19.7. The summed E-state index contributed by atoms with van der Waals surface area (Å²) >= 11 is 0. The minimum Gasteiger partial charge on any atom is -0.493 e. The Morgan fingerprint density at radius 2 is 1.53 bits per heavy atom. The number of Topliss-reactive ketones (excluding diaryl/α,β-unsaturated/α-hetero) is 1. The third-order valence-corrected chi connectivity index (χ3v) is 7.24. The lowest BCUT2D eigenvalue weighted by molar-refractivity contribution is -0.124. The topological polar surface area (TPSA) is 88.5 Å². The van der Waals surface area contributed by atoms with Crippen LogP contribution in [0.5, 0.6) is 11.5 Å². The number of hydrogen-bond donors (Lipinski definition) is 0. The minimum absolute atomic E-state index is 0.305. The highest BCUT2D eigenvalue weighted by Crippen LogP contribution is 2.53. The molecule has 0 unspecified atom stereocenters. The van der Waals surface area contributed by atoms with E-state index in [0.29, 0.717) is 22.7 Å². The first-order valence-corrected chi connectivity index (χ1v) is 11.7. The van der Waals surface area contributed by atoms with Gasteiger partial charge in [0, 0.05) is 5.56 Å². The average molecular weight is 482 g/mol. The summed E-state index contributed by atoms with van der Waals surface area (Å²) in [5.41, 5.74) is 2.60. The number of nitrogens with zero attached hydrogens (tertiary/aromatic N) is 3. The fourth-order valence-corrected chi connectivity index (χ4v) is 5.66. The molecule has 3 heterocycles. The van der Waals surface area contributed by atoms with Crippen molar-refractivity contribution >= 4 is 29.5 Å². The normalized spacial score (nSPS) is 23.8. The van der Waals surface area contributed by atoms with Crippen molar-refractivity contribution in [3.63, 3.8) is 0 Å². The molecular formula is C28H23N3O5. The highest BCUT2D eigenvalue weighted by Gasteiger charge is 2.65. The number of anilines is 1. The first-order chi connectivity index (χ1) is 17.5. The SMILES string of the molecule is COc1ccc(C(=O)[C@@H]2[C@@H]3C(=O)N(c4ccccc4)C(=O)[C@H]3[C@@H]3c4ccccc4C=NN23)cc1OC. The summed E-state index contributed by atoms with van der Waals surface area (Å²) in [6, 6.07) is 19.9. The zero-order chi connectivity index (χ0) is 25.0. The molecule has 36 heavy (non-hydrogen) atoms. The third kappa shape index (κ3) is 3.07. The molecule has 4 atom stereocenters. The van der Waals surface area contributed by atoms with Gasteiger partial charge in [0.15, 0.2) is 17.3 Å². The molecular weight excluding hydrogens is 458 g/mol. The van der Waals surface area contributed by atoms with Crippen LogP contribution < -0.4 is 14.4 Å². The van der Waals surface area contributed by atoms with Crippen LogP contribution >= 0.6 is 0 Å². The number of rotatable bonds is 5. The second-order valence-corrected chi connectivity index (χ2v) is 8.98. The summed E-state index contributed by atoms with van der Waals surface area (Å²) in [6.45, 7) is 0. The molecule has 3 aliphatic rings. The first kappa shape index (κ1) is 22.0. The Balaban J connectivity index is 1.49. The van der Waals surface area contributed by atoms with E-state index in [1.165, 1.54) is 19.1 Å². The average Bonchev–Trinajstić information content (AvgIpc) is 3.40. The highest BCUT2D eigenvalue weighted by molar-refractivity contribution is 6.24. The molecule has 180 valence electrons. The molecule has 3 aliphatic heterocycles. The van der Waals surface area contributed by atoms with E-state index in [-0.39, 0.29) is 11.7 Å². The Morgan fingerprint density at radius 3 is 2.28 bits per heavy atom. The molecule has 0 radical (unpaired) electrons. The van der Waals surface area contributed by atoms with Crippen molar-refractivity contribution in [2.45, 2.75) is 12.1 Å². The number of amides is 2. The molecule has 2 saturated heterocycles. The fraction of sp³-hybridized carbons (Fsp3) is 0.214. The molecule has 3 aromatic carbocycles. The summed E-state index contributed by atoms with van der Waals surface area (Å²) < 4.78 is 10.7. The van der Waals surface area contributed by atoms with Crippen LogP contribution in [-0.4, -0.2) is 49.1 Å². The van der Waals surface area contributed by atoms with Crippen LogP contribution in [0.15, 0.2) is 77.9 Å². The molecule has 0 saturated carbocycles. The summed E-state index contributed by atoms with van der Waals surface area (Å²) in [4.78, 5) is 42.9. The van der Waals surface area contributed by atoms with Gasteiger partial charge < -0.3 is 9.47 Å². The third-order valence-electron chi connectivity index (χ3n) is 7.24. The van der Waals surface area contributed by atoms with Gasteiger partial charge >= 0.3 is 0 Å². The number of hydrogen-bond acceptors (Lipinski definition) is 7. The number of hydrazone groups is 1. The molecule has 0 aliphatic carbocycles. The van der Waals surface area contributed by atoms with Gasteiger partial charge in [0.25, 0.3) is 0 Å². The summed E-state index contributed by atoms with van der Waals surface area (Å²) in [5, 5.41) is 6.24. The van der Waals surface area contributed by atoms with Crippen LogP contribution in [0.1, 0.15) is 27.5 Å². The number of ether oxygens (including phenoxy) is 2. The molecule has 2 fully saturated rings. The maximum absolute atomic E-state index is 14.0. The highest BCUT2D eigenvalue weighted by atomic mass is 16.5. The van der Waals surface area contributed by atoms with Gasteiger partial charge in [-0.3, -0.25) is 19.4 Å². The largest absolute Gasteiger partial charge is 0.493 e. The first-order valence-electron chi connectivity index (χ1n) is 11.7. The molecule has 0 N–H and O–H groups in total. The van der Waals surface area contributed by atoms with Crippen molar-refractivity contribution in [3.05, 3.63) is 89.5 Å². The number of fused-ring (bicyclic) bond motifs is 5. The van der Waals surface area contributed by atoms with Crippen molar-refractivity contribution in [2.24, 2.45) is 16.9 Å². The van der Waals surface area contributed by atoms with Gasteiger partial charge in [-0.25, -0.2) is 4.90 Å². The molecule has 0 bridgehead atoms. The minimum atomic E-state index is -0.951. The fourth-order valence-electron chi connectivity index (χ4n) is 5.66. The molecule has 0 spiro atoms. The lowest BCUT2D eigenvalue weighted by Gasteiger charge is -2.33. The van der Waals surface area contributed by atoms with Gasteiger partial charge in [0.1, 0.15) is 6.04 Å². The Bertz CT molecular complexity index is 1420. The van der Waals surface area contributed by atoms with E-state index in [1.807, 2.05) is 30.3 Å². The molecule has 2 amide bonds. The number of para-hydroxylation sites is 1. The number of imide groups is 1. The van der Waals surface area contributed by atoms with Crippen molar-refractivity contribution < 1.29 is 23.9 Å². The Kier molecular flexibility index (Phi) is 5.10. The van der Waals surface area contributed by atoms with Crippen LogP contribution in [0.2, 0.25) is 0 Å². The van der Waals surface area contributed by atoms with E-state index in [4.69, 9.17) is 9.47 Å². The van der Waals surface area contributed by atoms with Crippen molar-refractivity contribution in [1.82, 2.24) is 5.01 Å². The van der Waals surface area contributed by atoms with E-state index in [1.54, 1.807) is 53.7 Å². The monoisotopic (exact) mass is 481 g/mol. The predicted octanol–water partition coefficient (Wildman–Crippen LogP) is 3.47. The van der Waals surface area contributed by atoms with Crippen molar-refractivity contribution in [2.75, 3.05) is 19.1 Å². The van der Waals surface area contributed by atoms with Crippen molar-refractivity contribution in [3.8, 4) is 11.5 Å². The second kappa shape index (κ2) is 8.34.